The van der Waals surface area contributed by atoms with Crippen LogP contribution in [0, 0.1) is 12.8 Å². The molecule has 3 N–H and O–H groups in total. The molecule has 2 aromatic carbocycles. The van der Waals surface area contributed by atoms with E-state index in [9.17, 15) is 19.5 Å². The number of phenols is 1. The number of benzene rings is 2. The molecule has 0 saturated carbocycles. The van der Waals surface area contributed by atoms with Crippen LogP contribution in [0.3, 0.4) is 0 Å². The molecule has 208 valence electrons. The van der Waals surface area contributed by atoms with Crippen molar-refractivity contribution >= 4 is 23.6 Å². The first-order chi connectivity index (χ1) is 17.6. The number of anilines is 1. The molecule has 8 nitrogen and oxygen atoms in total. The minimum atomic E-state index is -1.09. The fourth-order valence-corrected chi connectivity index (χ4v) is 4.07. The van der Waals surface area contributed by atoms with E-state index in [0.717, 1.165) is 5.56 Å². The summed E-state index contributed by atoms with van der Waals surface area (Å²) in [6.45, 7) is 16.5. The number of nitrogens with one attached hydrogen (secondary N) is 2. The van der Waals surface area contributed by atoms with Gasteiger partial charge in [-0.15, -0.1) is 0 Å². The predicted molar refractivity (Wildman–Crippen MR) is 150 cm³/mol. The summed E-state index contributed by atoms with van der Waals surface area (Å²) in [4.78, 5) is 42.5. The van der Waals surface area contributed by atoms with Gasteiger partial charge in [-0.05, 0) is 83.2 Å². The number of aryl methyl sites for hydroxylation is 1. The lowest BCUT2D eigenvalue weighted by atomic mass is 9.90. The fourth-order valence-electron chi connectivity index (χ4n) is 4.07. The van der Waals surface area contributed by atoms with Crippen LogP contribution in [0.2, 0.25) is 0 Å². The van der Waals surface area contributed by atoms with Crippen molar-refractivity contribution in [2.45, 2.75) is 92.0 Å². The number of aromatic hydroxyl groups is 1. The average Bonchev–Trinajstić information content (AvgIpc) is 2.80. The number of para-hydroxylation sites is 1. The standard InChI is InChI=1S/C30H43N3O5/c1-10-30(8,9)33(27(36)24(19(2)3)32-28(37)38-29(5,6)7)25(21-15-13-16-22(34)18-21)26(35)31-23-17-12-11-14-20(23)4/h11-19,24-25,34H,10H2,1-9H3,(H,31,35)(H,32,37). The number of hydrogen-bond acceptors (Lipinski definition) is 5. The molecular weight excluding hydrogens is 482 g/mol. The van der Waals surface area contributed by atoms with Crippen LogP contribution in [0.5, 0.6) is 5.75 Å². The van der Waals surface area contributed by atoms with Gasteiger partial charge in [-0.3, -0.25) is 9.59 Å². The lowest BCUT2D eigenvalue weighted by molar-refractivity contribution is -0.148. The maximum absolute atomic E-state index is 14.3. The first kappa shape index (κ1) is 30.7. The highest BCUT2D eigenvalue weighted by molar-refractivity contribution is 5.99. The van der Waals surface area contributed by atoms with E-state index in [2.05, 4.69) is 10.6 Å². The average molecular weight is 526 g/mol. The number of nitrogens with zero attached hydrogens (tertiary/aromatic N) is 1. The summed E-state index contributed by atoms with van der Waals surface area (Å²) >= 11 is 0. The van der Waals surface area contributed by atoms with E-state index in [4.69, 9.17) is 4.74 Å². The maximum Gasteiger partial charge on any atom is 0.408 e. The molecule has 0 spiro atoms. The maximum atomic E-state index is 14.3. The Bertz CT molecular complexity index is 1140. The normalized spacial score (nSPS) is 13.4. The van der Waals surface area contributed by atoms with Crippen molar-refractivity contribution in [3.63, 3.8) is 0 Å². The van der Waals surface area contributed by atoms with Gasteiger partial charge in [0.05, 0.1) is 0 Å². The molecule has 0 aliphatic rings. The zero-order valence-electron chi connectivity index (χ0n) is 24.1. The second kappa shape index (κ2) is 12.3. The molecule has 0 aliphatic carbocycles. The third-order valence-electron chi connectivity index (χ3n) is 6.46. The van der Waals surface area contributed by atoms with Gasteiger partial charge >= 0.3 is 6.09 Å². The molecular formula is C30H43N3O5. The first-order valence-corrected chi connectivity index (χ1v) is 13.1. The van der Waals surface area contributed by atoms with Crippen molar-refractivity contribution in [1.82, 2.24) is 10.2 Å². The number of phenolic OH excluding ortho intramolecular Hbond substituents is 1. The van der Waals surface area contributed by atoms with Crippen LogP contribution in [0.15, 0.2) is 48.5 Å². The van der Waals surface area contributed by atoms with Gasteiger partial charge in [0, 0.05) is 11.2 Å². The Hall–Kier alpha value is -3.55. The number of carbonyl (C=O) groups is 3. The summed E-state index contributed by atoms with van der Waals surface area (Å²) in [6, 6.07) is 11.7. The first-order valence-electron chi connectivity index (χ1n) is 13.1. The third kappa shape index (κ3) is 7.97. The van der Waals surface area contributed by atoms with Gasteiger partial charge in [-0.25, -0.2) is 4.79 Å². The van der Waals surface area contributed by atoms with Crippen molar-refractivity contribution in [3.8, 4) is 5.75 Å². The summed E-state index contributed by atoms with van der Waals surface area (Å²) in [5.74, 6) is -1.18. The Morgan fingerprint density at radius 3 is 2.16 bits per heavy atom. The minimum Gasteiger partial charge on any atom is -0.508 e. The van der Waals surface area contributed by atoms with Crippen LogP contribution in [-0.2, 0) is 14.3 Å². The summed E-state index contributed by atoms with van der Waals surface area (Å²) in [7, 11) is 0. The quantitative estimate of drug-likeness (QED) is 0.375. The second-order valence-electron chi connectivity index (χ2n) is 11.5. The van der Waals surface area contributed by atoms with Crippen molar-refractivity contribution < 1.29 is 24.2 Å². The Balaban J connectivity index is 2.64. The molecule has 3 amide bonds. The van der Waals surface area contributed by atoms with Crippen molar-refractivity contribution in [2.24, 2.45) is 5.92 Å². The number of ether oxygens (including phenoxy) is 1. The molecule has 0 bridgehead atoms. The lowest BCUT2D eigenvalue weighted by Crippen LogP contribution is -2.60. The van der Waals surface area contributed by atoms with Gasteiger partial charge in [0.15, 0.2) is 0 Å². The molecule has 0 radical (unpaired) electrons. The Morgan fingerprint density at radius 1 is 1.00 bits per heavy atom. The molecule has 0 aliphatic heterocycles. The van der Waals surface area contributed by atoms with Crippen LogP contribution in [0.25, 0.3) is 0 Å². The highest BCUT2D eigenvalue weighted by Gasteiger charge is 2.44. The molecule has 0 aromatic heterocycles. The van der Waals surface area contributed by atoms with Gasteiger partial charge in [-0.1, -0.05) is 51.1 Å². The second-order valence-corrected chi connectivity index (χ2v) is 11.5. The molecule has 2 rings (SSSR count). The molecule has 2 atom stereocenters. The molecule has 0 heterocycles. The summed E-state index contributed by atoms with van der Waals surface area (Å²) < 4.78 is 5.43. The van der Waals surface area contributed by atoms with Crippen LogP contribution < -0.4 is 10.6 Å². The van der Waals surface area contributed by atoms with Gasteiger partial charge in [0.1, 0.15) is 23.4 Å². The van der Waals surface area contributed by atoms with Crippen molar-refractivity contribution in [3.05, 3.63) is 59.7 Å². The number of hydrogen-bond donors (Lipinski definition) is 3. The topological polar surface area (TPSA) is 108 Å². The monoisotopic (exact) mass is 525 g/mol. The van der Waals surface area contributed by atoms with E-state index in [1.165, 1.54) is 17.0 Å². The van der Waals surface area contributed by atoms with E-state index >= 15 is 0 Å². The van der Waals surface area contributed by atoms with Crippen molar-refractivity contribution in [2.75, 3.05) is 5.32 Å². The van der Waals surface area contributed by atoms with E-state index in [0.29, 0.717) is 17.7 Å². The minimum absolute atomic E-state index is 0.0230. The number of rotatable bonds is 9. The van der Waals surface area contributed by atoms with E-state index in [1.807, 2.05) is 59.7 Å². The zero-order chi connectivity index (χ0) is 28.8. The smallest absolute Gasteiger partial charge is 0.408 e. The summed E-state index contributed by atoms with van der Waals surface area (Å²) in [6.07, 6.45) is -0.180. The Morgan fingerprint density at radius 2 is 1.63 bits per heavy atom. The molecule has 38 heavy (non-hydrogen) atoms. The highest BCUT2D eigenvalue weighted by atomic mass is 16.6. The predicted octanol–water partition coefficient (Wildman–Crippen LogP) is 5.95. The summed E-state index contributed by atoms with van der Waals surface area (Å²) in [5, 5.41) is 16.0. The van der Waals surface area contributed by atoms with Crippen molar-refractivity contribution in [1.29, 1.82) is 0 Å². The van der Waals surface area contributed by atoms with Crippen LogP contribution in [0.1, 0.15) is 79.0 Å². The number of alkyl carbamates (subject to hydrolysis) is 1. The number of amides is 3. The van der Waals surface area contributed by atoms with Gasteiger partial charge in [0.2, 0.25) is 5.91 Å². The van der Waals surface area contributed by atoms with Gasteiger partial charge < -0.3 is 25.4 Å². The molecule has 2 unspecified atom stereocenters. The van der Waals surface area contributed by atoms with Crippen LogP contribution >= 0.6 is 0 Å². The van der Waals surface area contributed by atoms with Crippen LogP contribution in [0.4, 0.5) is 10.5 Å². The molecule has 2 aromatic rings. The van der Waals surface area contributed by atoms with Crippen LogP contribution in [-0.4, -0.2) is 45.1 Å². The van der Waals surface area contributed by atoms with E-state index in [1.54, 1.807) is 39.0 Å². The van der Waals surface area contributed by atoms with Gasteiger partial charge in [-0.2, -0.15) is 0 Å². The third-order valence-corrected chi connectivity index (χ3v) is 6.46. The highest BCUT2D eigenvalue weighted by Crippen LogP contribution is 2.35. The van der Waals surface area contributed by atoms with E-state index in [-0.39, 0.29) is 11.7 Å². The summed E-state index contributed by atoms with van der Waals surface area (Å²) in [5.41, 5.74) is 0.408. The Kier molecular flexibility index (Phi) is 9.95. The van der Waals surface area contributed by atoms with Gasteiger partial charge in [0.25, 0.3) is 5.91 Å². The Labute approximate surface area is 226 Å². The molecule has 0 saturated heterocycles. The van der Waals surface area contributed by atoms with E-state index < -0.39 is 41.1 Å². The zero-order valence-corrected chi connectivity index (χ0v) is 24.1. The SMILES string of the molecule is CCC(C)(C)N(C(=O)C(NC(=O)OC(C)(C)C)C(C)C)C(C(=O)Nc1ccccc1C)c1cccc(O)c1. The molecule has 0 fully saturated rings. The fraction of sp³-hybridized carbons (Fsp3) is 0.500. The molecule has 8 heteroatoms. The number of carbonyl (C=O) groups excluding carboxylic acids is 3. The largest absolute Gasteiger partial charge is 0.508 e. The lowest BCUT2D eigenvalue weighted by Gasteiger charge is -2.45.